The number of benzene rings is 1. The predicted octanol–water partition coefficient (Wildman–Crippen LogP) is 1.51. The van der Waals surface area contributed by atoms with E-state index in [4.69, 9.17) is 10.00 Å². The van der Waals surface area contributed by atoms with Crippen LogP contribution >= 0.6 is 0 Å². The number of hydrogen-bond acceptors (Lipinski definition) is 5. The standard InChI is InChI=1S/C19H23N3O4/c1-4-21-17(23)11-22-18(24)12-26-19(25)16(10-20)9-14-5-7-15(8-6-14)13(2)3/h5-9,13H,4,11-12H2,1-3H3,(H,21,23)(H,22,24)/b16-9+. The predicted molar refractivity (Wildman–Crippen MR) is 96.8 cm³/mol. The smallest absolute Gasteiger partial charge is 0.349 e. The molecule has 138 valence electrons. The van der Waals surface area contributed by atoms with E-state index in [0.29, 0.717) is 18.0 Å². The molecule has 26 heavy (non-hydrogen) atoms. The Labute approximate surface area is 153 Å². The van der Waals surface area contributed by atoms with Gasteiger partial charge in [0.25, 0.3) is 5.91 Å². The van der Waals surface area contributed by atoms with Crippen LogP contribution in [0.3, 0.4) is 0 Å². The van der Waals surface area contributed by atoms with Gasteiger partial charge in [-0.1, -0.05) is 38.1 Å². The van der Waals surface area contributed by atoms with Gasteiger partial charge in [0.2, 0.25) is 5.91 Å². The molecule has 2 N–H and O–H groups in total. The van der Waals surface area contributed by atoms with Gasteiger partial charge in [0.1, 0.15) is 11.6 Å². The third kappa shape index (κ3) is 7.18. The van der Waals surface area contributed by atoms with Gasteiger partial charge in [-0.3, -0.25) is 9.59 Å². The zero-order valence-corrected chi connectivity index (χ0v) is 15.2. The number of nitrogens with zero attached hydrogens (tertiary/aromatic N) is 1. The first kappa shape index (κ1) is 20.9. The van der Waals surface area contributed by atoms with Crippen molar-refractivity contribution in [3.63, 3.8) is 0 Å². The molecule has 0 fully saturated rings. The van der Waals surface area contributed by atoms with Crippen molar-refractivity contribution in [3.8, 4) is 6.07 Å². The third-order valence-corrected chi connectivity index (χ3v) is 3.41. The molecule has 0 saturated heterocycles. The summed E-state index contributed by atoms with van der Waals surface area (Å²) < 4.78 is 4.81. The molecule has 0 spiro atoms. The lowest BCUT2D eigenvalue weighted by Gasteiger charge is -2.07. The zero-order valence-electron chi connectivity index (χ0n) is 15.2. The van der Waals surface area contributed by atoms with Gasteiger partial charge in [-0.2, -0.15) is 5.26 Å². The Morgan fingerprint density at radius 3 is 2.35 bits per heavy atom. The number of nitriles is 1. The molecule has 0 aliphatic rings. The van der Waals surface area contributed by atoms with Crippen LogP contribution in [0, 0.1) is 11.3 Å². The van der Waals surface area contributed by atoms with Crippen LogP contribution in [-0.4, -0.2) is 37.5 Å². The first-order valence-electron chi connectivity index (χ1n) is 8.29. The van der Waals surface area contributed by atoms with E-state index in [1.165, 1.54) is 6.08 Å². The molecule has 0 bridgehead atoms. The first-order chi connectivity index (χ1) is 12.4. The Hall–Kier alpha value is -3.14. The average molecular weight is 357 g/mol. The zero-order chi connectivity index (χ0) is 19.5. The number of amides is 2. The van der Waals surface area contributed by atoms with E-state index in [9.17, 15) is 14.4 Å². The minimum Gasteiger partial charge on any atom is -0.451 e. The van der Waals surface area contributed by atoms with Crippen molar-refractivity contribution in [2.45, 2.75) is 26.7 Å². The lowest BCUT2D eigenvalue weighted by Crippen LogP contribution is -2.38. The minimum atomic E-state index is -0.895. The van der Waals surface area contributed by atoms with E-state index < -0.39 is 18.5 Å². The van der Waals surface area contributed by atoms with E-state index in [1.807, 2.05) is 12.1 Å². The molecule has 0 unspecified atom stereocenters. The highest BCUT2D eigenvalue weighted by Crippen LogP contribution is 2.16. The molecule has 0 aliphatic heterocycles. The highest BCUT2D eigenvalue weighted by molar-refractivity contribution is 5.99. The Balaban J connectivity index is 2.59. The molecular weight excluding hydrogens is 334 g/mol. The normalized spacial score (nSPS) is 10.8. The molecule has 1 aromatic carbocycles. The summed E-state index contributed by atoms with van der Waals surface area (Å²) in [5.41, 5.74) is 1.62. The second-order valence-electron chi connectivity index (χ2n) is 5.80. The van der Waals surface area contributed by atoms with Crippen LogP contribution in [0.5, 0.6) is 0 Å². The second-order valence-corrected chi connectivity index (χ2v) is 5.80. The summed E-state index contributed by atoms with van der Waals surface area (Å²) in [4.78, 5) is 34.7. The van der Waals surface area contributed by atoms with Crippen molar-refractivity contribution < 1.29 is 19.1 Å². The number of carbonyl (C=O) groups excluding carboxylic acids is 3. The van der Waals surface area contributed by atoms with Crippen molar-refractivity contribution in [2.24, 2.45) is 0 Å². The van der Waals surface area contributed by atoms with Crippen LogP contribution in [0.15, 0.2) is 29.8 Å². The van der Waals surface area contributed by atoms with E-state index in [0.717, 1.165) is 5.56 Å². The van der Waals surface area contributed by atoms with E-state index in [2.05, 4.69) is 24.5 Å². The molecule has 0 saturated carbocycles. The van der Waals surface area contributed by atoms with Crippen LogP contribution in [0.4, 0.5) is 0 Å². The topological polar surface area (TPSA) is 108 Å². The fraction of sp³-hybridized carbons (Fsp3) is 0.368. The lowest BCUT2D eigenvalue weighted by molar-refractivity contribution is -0.144. The number of ether oxygens (including phenoxy) is 1. The number of nitrogens with one attached hydrogen (secondary N) is 2. The van der Waals surface area contributed by atoms with Crippen LogP contribution < -0.4 is 10.6 Å². The first-order valence-corrected chi connectivity index (χ1v) is 8.29. The summed E-state index contributed by atoms with van der Waals surface area (Å²) in [5, 5.41) is 14.0. The summed E-state index contributed by atoms with van der Waals surface area (Å²) in [6, 6.07) is 9.22. The van der Waals surface area contributed by atoms with Crippen molar-refractivity contribution in [3.05, 3.63) is 41.0 Å². The summed E-state index contributed by atoms with van der Waals surface area (Å²) >= 11 is 0. The quantitative estimate of drug-likeness (QED) is 0.416. The van der Waals surface area contributed by atoms with Gasteiger partial charge >= 0.3 is 5.97 Å². The number of carbonyl (C=O) groups is 3. The van der Waals surface area contributed by atoms with Crippen LogP contribution in [0.25, 0.3) is 6.08 Å². The monoisotopic (exact) mass is 357 g/mol. The fourth-order valence-corrected chi connectivity index (χ4v) is 1.98. The summed E-state index contributed by atoms with van der Waals surface area (Å²) in [7, 11) is 0. The molecule has 1 rings (SSSR count). The molecule has 0 radical (unpaired) electrons. The maximum Gasteiger partial charge on any atom is 0.349 e. The number of esters is 1. The molecule has 0 aliphatic carbocycles. The van der Waals surface area contributed by atoms with Crippen molar-refractivity contribution >= 4 is 23.9 Å². The van der Waals surface area contributed by atoms with Gasteiger partial charge in [-0.25, -0.2) is 4.79 Å². The Bertz CT molecular complexity index is 715. The molecular formula is C19H23N3O4. The summed E-state index contributed by atoms with van der Waals surface area (Å²) in [6.07, 6.45) is 1.40. The number of hydrogen-bond donors (Lipinski definition) is 2. The van der Waals surface area contributed by atoms with Gasteiger partial charge in [0.05, 0.1) is 6.54 Å². The maximum absolute atomic E-state index is 11.9. The largest absolute Gasteiger partial charge is 0.451 e. The second kappa shape index (κ2) is 10.7. The van der Waals surface area contributed by atoms with Gasteiger partial charge < -0.3 is 15.4 Å². The number of likely N-dealkylation sites (N-methyl/N-ethyl adjacent to an activating group) is 1. The molecule has 0 aromatic heterocycles. The third-order valence-electron chi connectivity index (χ3n) is 3.41. The van der Waals surface area contributed by atoms with Crippen molar-refractivity contribution in [2.75, 3.05) is 19.7 Å². The Kier molecular flexibility index (Phi) is 8.58. The van der Waals surface area contributed by atoms with Crippen molar-refractivity contribution in [1.82, 2.24) is 10.6 Å². The molecule has 7 heteroatoms. The maximum atomic E-state index is 11.9. The minimum absolute atomic E-state index is 0.201. The van der Waals surface area contributed by atoms with E-state index in [-0.39, 0.29) is 18.0 Å². The summed E-state index contributed by atoms with van der Waals surface area (Å²) in [5.74, 6) is -1.47. The highest BCUT2D eigenvalue weighted by Gasteiger charge is 2.13. The molecule has 1 aromatic rings. The van der Waals surface area contributed by atoms with Crippen LogP contribution in [0.2, 0.25) is 0 Å². The fourth-order valence-electron chi connectivity index (χ4n) is 1.98. The van der Waals surface area contributed by atoms with Gasteiger partial charge in [-0.15, -0.1) is 0 Å². The highest BCUT2D eigenvalue weighted by atomic mass is 16.5. The SMILES string of the molecule is CCNC(=O)CNC(=O)COC(=O)/C(C#N)=C/c1ccc(C(C)C)cc1. The van der Waals surface area contributed by atoms with Gasteiger partial charge in [0, 0.05) is 6.54 Å². The Morgan fingerprint density at radius 1 is 1.15 bits per heavy atom. The average Bonchev–Trinajstić information content (AvgIpc) is 2.63. The van der Waals surface area contributed by atoms with Crippen LogP contribution in [-0.2, 0) is 19.1 Å². The van der Waals surface area contributed by atoms with E-state index in [1.54, 1.807) is 25.1 Å². The number of rotatable bonds is 8. The van der Waals surface area contributed by atoms with Gasteiger partial charge in [-0.05, 0) is 30.0 Å². The molecule has 7 nitrogen and oxygen atoms in total. The van der Waals surface area contributed by atoms with Crippen LogP contribution in [0.1, 0.15) is 37.8 Å². The van der Waals surface area contributed by atoms with Gasteiger partial charge in [0.15, 0.2) is 6.61 Å². The lowest BCUT2D eigenvalue weighted by atomic mass is 10.0. The molecule has 0 atom stereocenters. The molecule has 2 amide bonds. The van der Waals surface area contributed by atoms with E-state index >= 15 is 0 Å². The molecule has 0 heterocycles. The van der Waals surface area contributed by atoms with Crippen molar-refractivity contribution in [1.29, 1.82) is 5.26 Å². The Morgan fingerprint density at radius 2 is 1.81 bits per heavy atom. The summed E-state index contributed by atoms with van der Waals surface area (Å²) in [6.45, 7) is 5.59.